The van der Waals surface area contributed by atoms with Crippen molar-refractivity contribution in [1.82, 2.24) is 15.0 Å². The molecule has 1 aromatic carbocycles. The molecule has 0 bridgehead atoms. The summed E-state index contributed by atoms with van der Waals surface area (Å²) in [6, 6.07) is 9.30. The number of benzene rings is 1. The van der Waals surface area contributed by atoms with Crippen LogP contribution in [0.2, 0.25) is 0 Å². The van der Waals surface area contributed by atoms with Crippen LogP contribution in [0.4, 0.5) is 0 Å². The second-order valence-corrected chi connectivity index (χ2v) is 7.70. The average molecular weight is 359 g/mol. The summed E-state index contributed by atoms with van der Waals surface area (Å²) in [7, 11) is -3.56. The minimum Gasteiger partial charge on any atom is -0.267 e. The lowest BCUT2D eigenvalue weighted by Crippen LogP contribution is -2.45. The lowest BCUT2D eigenvalue weighted by Gasteiger charge is -2.28. The highest BCUT2D eigenvalue weighted by Gasteiger charge is 2.33. The van der Waals surface area contributed by atoms with Crippen LogP contribution in [0.15, 0.2) is 53.7 Å². The van der Waals surface area contributed by atoms with Crippen LogP contribution in [0.25, 0.3) is 0 Å². The number of carbonyl (C=O) groups excluding carboxylic acids is 2. The number of nitrogens with zero attached hydrogens (tertiary/aromatic N) is 3. The number of carbonyl (C=O) groups is 2. The molecule has 2 heterocycles. The van der Waals surface area contributed by atoms with E-state index in [1.54, 1.807) is 30.5 Å². The molecule has 0 radical (unpaired) electrons. The Balaban J connectivity index is 1.94. The third-order valence-electron chi connectivity index (χ3n) is 3.93. The zero-order valence-corrected chi connectivity index (χ0v) is 14.4. The van der Waals surface area contributed by atoms with E-state index in [4.69, 9.17) is 0 Å². The summed E-state index contributed by atoms with van der Waals surface area (Å²) in [5.41, 5.74) is 0.439. The molecular formula is C17H17N3O4S. The van der Waals surface area contributed by atoms with Gasteiger partial charge in [-0.1, -0.05) is 12.1 Å². The Bertz CT molecular complexity index is 913. The van der Waals surface area contributed by atoms with Crippen molar-refractivity contribution >= 4 is 21.7 Å². The first-order valence-electron chi connectivity index (χ1n) is 7.72. The van der Waals surface area contributed by atoms with Gasteiger partial charge in [0.2, 0.25) is 0 Å². The molecule has 0 unspecified atom stereocenters. The molecule has 3 rings (SSSR count). The van der Waals surface area contributed by atoms with E-state index in [1.807, 2.05) is 0 Å². The van der Waals surface area contributed by atoms with E-state index in [0.717, 1.165) is 6.26 Å². The molecule has 7 nitrogen and oxygen atoms in total. The average Bonchev–Trinajstić information content (AvgIpc) is 3.10. The van der Waals surface area contributed by atoms with Crippen LogP contribution < -0.4 is 0 Å². The Hall–Kier alpha value is -2.74. The number of sulfone groups is 1. The summed E-state index contributed by atoms with van der Waals surface area (Å²) < 4.78 is 23.9. The Morgan fingerprint density at radius 3 is 2.32 bits per heavy atom. The third-order valence-corrected chi connectivity index (χ3v) is 5.08. The lowest BCUT2D eigenvalue weighted by molar-refractivity contribution is 0.0183. The van der Waals surface area contributed by atoms with E-state index in [2.05, 4.69) is 4.98 Å². The van der Waals surface area contributed by atoms with Crippen LogP contribution in [0.3, 0.4) is 0 Å². The van der Waals surface area contributed by atoms with Crippen molar-refractivity contribution in [3.8, 4) is 0 Å². The molecule has 0 N–H and O–H groups in total. The first-order valence-corrected chi connectivity index (χ1v) is 9.61. The second kappa shape index (κ2) is 6.64. The molecule has 1 aliphatic heterocycles. The van der Waals surface area contributed by atoms with Gasteiger partial charge in [-0.3, -0.25) is 14.6 Å². The summed E-state index contributed by atoms with van der Waals surface area (Å²) in [5, 5.41) is 2.65. The van der Waals surface area contributed by atoms with Crippen LogP contribution in [-0.4, -0.2) is 54.6 Å². The Labute approximate surface area is 145 Å². The second-order valence-electron chi connectivity index (χ2n) is 5.72. The van der Waals surface area contributed by atoms with Crippen LogP contribution in [0, 0.1) is 0 Å². The molecule has 0 aliphatic carbocycles. The number of hydrogen-bond acceptors (Lipinski definition) is 5. The van der Waals surface area contributed by atoms with Gasteiger partial charge in [0.25, 0.3) is 11.8 Å². The highest BCUT2D eigenvalue weighted by molar-refractivity contribution is 7.90. The smallest absolute Gasteiger partial charge is 0.267 e. The van der Waals surface area contributed by atoms with Crippen molar-refractivity contribution in [1.29, 1.82) is 0 Å². The molecule has 1 aromatic heterocycles. The van der Waals surface area contributed by atoms with Gasteiger partial charge in [0.05, 0.1) is 16.0 Å². The van der Waals surface area contributed by atoms with Crippen molar-refractivity contribution < 1.29 is 18.0 Å². The van der Waals surface area contributed by atoms with E-state index in [9.17, 15) is 18.0 Å². The molecule has 1 aliphatic rings. The van der Waals surface area contributed by atoms with Crippen molar-refractivity contribution in [2.75, 3.05) is 19.3 Å². The van der Waals surface area contributed by atoms with Gasteiger partial charge >= 0.3 is 0 Å². The predicted molar refractivity (Wildman–Crippen MR) is 90.5 cm³/mol. The van der Waals surface area contributed by atoms with E-state index in [1.165, 1.54) is 28.3 Å². The monoisotopic (exact) mass is 359 g/mol. The fraction of sp³-hybridized carbons (Fsp3) is 0.235. The highest BCUT2D eigenvalue weighted by Crippen LogP contribution is 2.22. The molecular weight excluding hydrogens is 342 g/mol. The fourth-order valence-electron chi connectivity index (χ4n) is 2.78. The quantitative estimate of drug-likeness (QED) is 0.826. The van der Waals surface area contributed by atoms with Gasteiger partial charge in [0.15, 0.2) is 9.84 Å². The largest absolute Gasteiger partial charge is 0.274 e. The Morgan fingerprint density at radius 1 is 1.00 bits per heavy atom. The topological polar surface area (TPSA) is 87.7 Å². The minimum absolute atomic E-state index is 0.0410. The number of aromatic nitrogens is 1. The zero-order chi connectivity index (χ0) is 18.0. The predicted octanol–water partition coefficient (Wildman–Crippen LogP) is 1.39. The molecule has 1 saturated heterocycles. The summed E-state index contributed by atoms with van der Waals surface area (Å²) in [5.74, 6) is -0.841. The summed E-state index contributed by atoms with van der Waals surface area (Å²) in [4.78, 5) is 29.4. The highest BCUT2D eigenvalue weighted by atomic mass is 32.2. The summed E-state index contributed by atoms with van der Waals surface area (Å²) in [6.45, 7) is 0.740. The number of hydrogen-bond donors (Lipinski definition) is 0. The van der Waals surface area contributed by atoms with E-state index < -0.39 is 15.7 Å². The minimum atomic E-state index is -3.56. The maximum Gasteiger partial charge on any atom is 0.274 e. The first-order chi connectivity index (χ1) is 11.9. The van der Waals surface area contributed by atoms with Gasteiger partial charge in [0.1, 0.15) is 0 Å². The van der Waals surface area contributed by atoms with Gasteiger partial charge in [-0.05, 0) is 30.7 Å². The van der Waals surface area contributed by atoms with Gasteiger partial charge in [-0.25, -0.2) is 18.4 Å². The van der Waals surface area contributed by atoms with E-state index >= 15 is 0 Å². The first kappa shape index (κ1) is 17.1. The van der Waals surface area contributed by atoms with Crippen molar-refractivity contribution in [2.45, 2.75) is 11.3 Å². The van der Waals surface area contributed by atoms with Crippen molar-refractivity contribution in [2.24, 2.45) is 0 Å². The maximum atomic E-state index is 12.9. The zero-order valence-electron chi connectivity index (χ0n) is 13.6. The van der Waals surface area contributed by atoms with Gasteiger partial charge in [-0.2, -0.15) is 0 Å². The number of amides is 2. The third kappa shape index (κ3) is 3.39. The normalized spacial score (nSPS) is 14.6. The van der Waals surface area contributed by atoms with E-state index in [-0.39, 0.29) is 16.4 Å². The Morgan fingerprint density at radius 2 is 1.68 bits per heavy atom. The SMILES string of the molecule is CS(=O)(=O)c1ccccc1C(=O)N1CCCN1C(=O)c1cccnc1. The number of rotatable bonds is 3. The van der Waals surface area contributed by atoms with Gasteiger partial charge in [-0.15, -0.1) is 0 Å². The molecule has 2 aromatic rings. The van der Waals surface area contributed by atoms with E-state index in [0.29, 0.717) is 25.1 Å². The van der Waals surface area contributed by atoms with Gasteiger partial charge < -0.3 is 0 Å². The molecule has 0 saturated carbocycles. The van der Waals surface area contributed by atoms with Crippen LogP contribution in [0.5, 0.6) is 0 Å². The number of pyridine rings is 1. The van der Waals surface area contributed by atoms with Crippen molar-refractivity contribution in [3.63, 3.8) is 0 Å². The Kier molecular flexibility index (Phi) is 4.54. The van der Waals surface area contributed by atoms with Crippen LogP contribution in [0.1, 0.15) is 27.1 Å². The molecule has 0 atom stereocenters. The molecule has 2 amide bonds. The molecule has 8 heteroatoms. The van der Waals surface area contributed by atoms with Crippen LogP contribution in [-0.2, 0) is 9.84 Å². The summed E-state index contributed by atoms with van der Waals surface area (Å²) in [6.07, 6.45) is 4.68. The van der Waals surface area contributed by atoms with Gasteiger partial charge in [0, 0.05) is 31.7 Å². The standard InChI is InChI=1S/C17H17N3O4S/c1-25(23,24)15-8-3-2-7-14(15)17(22)20-11-5-10-19(20)16(21)13-6-4-9-18-12-13/h2-4,6-9,12H,5,10-11H2,1H3. The lowest BCUT2D eigenvalue weighted by atomic mass is 10.2. The van der Waals surface area contributed by atoms with Crippen LogP contribution >= 0.6 is 0 Å². The molecule has 130 valence electrons. The molecule has 25 heavy (non-hydrogen) atoms. The molecule has 0 spiro atoms. The van der Waals surface area contributed by atoms with Crippen molar-refractivity contribution in [3.05, 3.63) is 59.9 Å². The summed E-state index contributed by atoms with van der Waals surface area (Å²) >= 11 is 0. The maximum absolute atomic E-state index is 12.9. The fourth-order valence-corrected chi connectivity index (χ4v) is 3.66. The number of hydrazine groups is 1. The molecule has 1 fully saturated rings.